The summed E-state index contributed by atoms with van der Waals surface area (Å²) in [6, 6.07) is 0.723. The molecule has 0 saturated heterocycles. The molecule has 1 rings (SSSR count). The molecular formula is C15H30N2. The van der Waals surface area contributed by atoms with Gasteiger partial charge in [0.1, 0.15) is 0 Å². The van der Waals surface area contributed by atoms with Crippen LogP contribution in [0.5, 0.6) is 0 Å². The lowest BCUT2D eigenvalue weighted by Gasteiger charge is -2.32. The summed E-state index contributed by atoms with van der Waals surface area (Å²) in [6.45, 7) is 14.9. The second-order valence-electron chi connectivity index (χ2n) is 6.48. The number of nitrogens with zero attached hydrogens (tertiary/aromatic N) is 1. The van der Waals surface area contributed by atoms with E-state index in [-0.39, 0.29) is 5.54 Å². The van der Waals surface area contributed by atoms with Gasteiger partial charge in [0.05, 0.1) is 0 Å². The van der Waals surface area contributed by atoms with E-state index in [1.165, 1.54) is 37.9 Å². The lowest BCUT2D eigenvalue weighted by molar-refractivity contribution is 0.207. The van der Waals surface area contributed by atoms with Crippen molar-refractivity contribution in [2.24, 2.45) is 0 Å². The number of hydrogen-bond acceptors (Lipinski definition) is 2. The standard InChI is InChI=1S/C15H30N2/c1-13-8-7-11-17(12-13)14(2)9-6-10-16-15(3,4)5/h8,14,16H,6-7,9-12H2,1-5H3. The average molecular weight is 238 g/mol. The van der Waals surface area contributed by atoms with Gasteiger partial charge in [0.15, 0.2) is 0 Å². The topological polar surface area (TPSA) is 15.3 Å². The smallest absolute Gasteiger partial charge is 0.0193 e. The second-order valence-corrected chi connectivity index (χ2v) is 6.48. The zero-order chi connectivity index (χ0) is 12.9. The highest BCUT2D eigenvalue weighted by Crippen LogP contribution is 2.15. The highest BCUT2D eigenvalue weighted by Gasteiger charge is 2.16. The number of nitrogens with one attached hydrogen (secondary N) is 1. The summed E-state index contributed by atoms with van der Waals surface area (Å²) in [7, 11) is 0. The average Bonchev–Trinajstić information content (AvgIpc) is 2.23. The van der Waals surface area contributed by atoms with E-state index in [1.807, 2.05) is 0 Å². The molecule has 0 aromatic carbocycles. The van der Waals surface area contributed by atoms with Gasteiger partial charge in [0.25, 0.3) is 0 Å². The molecule has 0 spiro atoms. The van der Waals surface area contributed by atoms with Crippen molar-refractivity contribution >= 4 is 0 Å². The molecule has 0 aromatic heterocycles. The van der Waals surface area contributed by atoms with Crippen LogP contribution in [0.2, 0.25) is 0 Å². The van der Waals surface area contributed by atoms with E-state index in [1.54, 1.807) is 0 Å². The Labute approximate surface area is 107 Å². The first-order valence-electron chi connectivity index (χ1n) is 7.03. The third-order valence-electron chi connectivity index (χ3n) is 3.44. The van der Waals surface area contributed by atoms with E-state index in [0.29, 0.717) is 0 Å². The minimum atomic E-state index is 0.258. The summed E-state index contributed by atoms with van der Waals surface area (Å²) >= 11 is 0. The van der Waals surface area contributed by atoms with Crippen molar-refractivity contribution in [2.45, 2.75) is 65.5 Å². The molecule has 0 amide bonds. The van der Waals surface area contributed by atoms with Crippen LogP contribution in [-0.2, 0) is 0 Å². The molecule has 0 aliphatic carbocycles. The molecule has 1 aliphatic heterocycles. The van der Waals surface area contributed by atoms with Gasteiger partial charge < -0.3 is 5.32 Å². The fourth-order valence-corrected chi connectivity index (χ4v) is 2.36. The van der Waals surface area contributed by atoms with Gasteiger partial charge in [-0.05, 0) is 60.4 Å². The fourth-order valence-electron chi connectivity index (χ4n) is 2.36. The predicted molar refractivity (Wildman–Crippen MR) is 76.4 cm³/mol. The lowest BCUT2D eigenvalue weighted by atomic mass is 10.1. The SMILES string of the molecule is CC1=CCCN(C(C)CCCNC(C)(C)C)C1. The summed E-state index contributed by atoms with van der Waals surface area (Å²) in [5.41, 5.74) is 1.80. The van der Waals surface area contributed by atoms with Gasteiger partial charge in [-0.25, -0.2) is 0 Å². The van der Waals surface area contributed by atoms with Gasteiger partial charge in [-0.3, -0.25) is 4.90 Å². The summed E-state index contributed by atoms with van der Waals surface area (Å²) in [5, 5.41) is 3.56. The van der Waals surface area contributed by atoms with Crippen molar-refractivity contribution in [3.8, 4) is 0 Å². The van der Waals surface area contributed by atoms with E-state index in [4.69, 9.17) is 0 Å². The quantitative estimate of drug-likeness (QED) is 0.584. The van der Waals surface area contributed by atoms with E-state index in [0.717, 1.165) is 12.6 Å². The minimum Gasteiger partial charge on any atom is -0.312 e. The van der Waals surface area contributed by atoms with Crippen LogP contribution in [0.15, 0.2) is 11.6 Å². The Morgan fingerprint density at radius 1 is 1.41 bits per heavy atom. The first kappa shape index (κ1) is 14.7. The molecule has 2 nitrogen and oxygen atoms in total. The van der Waals surface area contributed by atoms with Crippen molar-refractivity contribution in [1.82, 2.24) is 10.2 Å². The summed E-state index contributed by atoms with van der Waals surface area (Å²) < 4.78 is 0. The lowest BCUT2D eigenvalue weighted by Crippen LogP contribution is -2.39. The molecule has 2 heteroatoms. The van der Waals surface area contributed by atoms with Gasteiger partial charge in [-0.2, -0.15) is 0 Å². The first-order valence-corrected chi connectivity index (χ1v) is 7.03. The largest absolute Gasteiger partial charge is 0.312 e. The molecule has 1 N–H and O–H groups in total. The molecule has 0 saturated carbocycles. The Balaban J connectivity index is 2.17. The summed E-state index contributed by atoms with van der Waals surface area (Å²) in [4.78, 5) is 2.62. The van der Waals surface area contributed by atoms with Gasteiger partial charge in [-0.1, -0.05) is 11.6 Å². The Kier molecular flexibility index (Phi) is 5.68. The van der Waals surface area contributed by atoms with Gasteiger partial charge in [0.2, 0.25) is 0 Å². The third-order valence-corrected chi connectivity index (χ3v) is 3.44. The van der Waals surface area contributed by atoms with E-state index >= 15 is 0 Å². The van der Waals surface area contributed by atoms with Crippen LogP contribution in [0, 0.1) is 0 Å². The fraction of sp³-hybridized carbons (Fsp3) is 0.867. The highest BCUT2D eigenvalue weighted by molar-refractivity contribution is 5.05. The normalized spacial score (nSPS) is 20.2. The monoisotopic (exact) mass is 238 g/mol. The van der Waals surface area contributed by atoms with Crippen molar-refractivity contribution in [2.75, 3.05) is 19.6 Å². The van der Waals surface area contributed by atoms with Crippen LogP contribution in [0.25, 0.3) is 0 Å². The van der Waals surface area contributed by atoms with E-state index in [2.05, 4.69) is 50.9 Å². The molecular weight excluding hydrogens is 208 g/mol. The molecule has 0 fully saturated rings. The summed E-state index contributed by atoms with van der Waals surface area (Å²) in [5.74, 6) is 0. The first-order chi connectivity index (χ1) is 7.88. The zero-order valence-corrected chi connectivity index (χ0v) is 12.3. The number of hydrogen-bond donors (Lipinski definition) is 1. The van der Waals surface area contributed by atoms with Crippen molar-refractivity contribution < 1.29 is 0 Å². The van der Waals surface area contributed by atoms with Crippen molar-refractivity contribution in [3.05, 3.63) is 11.6 Å². The molecule has 1 aliphatic rings. The molecule has 1 heterocycles. The molecule has 17 heavy (non-hydrogen) atoms. The maximum atomic E-state index is 3.56. The van der Waals surface area contributed by atoms with Crippen LogP contribution < -0.4 is 5.32 Å². The van der Waals surface area contributed by atoms with Crippen LogP contribution >= 0.6 is 0 Å². The Hall–Kier alpha value is -0.340. The Bertz CT molecular complexity index is 250. The van der Waals surface area contributed by atoms with Crippen LogP contribution in [0.3, 0.4) is 0 Å². The Morgan fingerprint density at radius 2 is 2.12 bits per heavy atom. The molecule has 1 unspecified atom stereocenters. The third kappa shape index (κ3) is 6.23. The second kappa shape index (κ2) is 6.55. The van der Waals surface area contributed by atoms with Crippen LogP contribution in [-0.4, -0.2) is 36.1 Å². The maximum absolute atomic E-state index is 3.56. The van der Waals surface area contributed by atoms with Crippen molar-refractivity contribution in [1.29, 1.82) is 0 Å². The van der Waals surface area contributed by atoms with Gasteiger partial charge in [-0.15, -0.1) is 0 Å². The maximum Gasteiger partial charge on any atom is 0.0193 e. The highest BCUT2D eigenvalue weighted by atomic mass is 15.1. The Morgan fingerprint density at radius 3 is 2.71 bits per heavy atom. The minimum absolute atomic E-state index is 0.258. The molecule has 0 aromatic rings. The van der Waals surface area contributed by atoms with Crippen molar-refractivity contribution in [3.63, 3.8) is 0 Å². The zero-order valence-electron chi connectivity index (χ0n) is 12.3. The van der Waals surface area contributed by atoms with E-state index < -0.39 is 0 Å². The van der Waals surface area contributed by atoms with Crippen LogP contribution in [0.1, 0.15) is 53.9 Å². The van der Waals surface area contributed by atoms with E-state index in [9.17, 15) is 0 Å². The predicted octanol–water partition coefficient (Wildman–Crippen LogP) is 3.20. The number of rotatable bonds is 5. The molecule has 0 radical (unpaired) electrons. The summed E-state index contributed by atoms with van der Waals surface area (Å²) in [6.07, 6.45) is 6.19. The van der Waals surface area contributed by atoms with Gasteiger partial charge in [0, 0.05) is 24.7 Å². The molecule has 100 valence electrons. The van der Waals surface area contributed by atoms with Gasteiger partial charge >= 0.3 is 0 Å². The van der Waals surface area contributed by atoms with Crippen LogP contribution in [0.4, 0.5) is 0 Å². The molecule has 1 atom stereocenters. The molecule has 0 bridgehead atoms.